The molecule has 2 nitrogen and oxygen atoms in total. The first-order chi connectivity index (χ1) is 7.29. The molecule has 1 aromatic rings. The highest BCUT2D eigenvalue weighted by Gasteiger charge is 2.27. The minimum atomic E-state index is 0.344. The van der Waals surface area contributed by atoms with Crippen LogP contribution in [0.1, 0.15) is 24.8 Å². The van der Waals surface area contributed by atoms with E-state index in [9.17, 15) is 0 Å². The molecule has 1 saturated carbocycles. The predicted octanol–water partition coefficient (Wildman–Crippen LogP) is 2.51. The van der Waals surface area contributed by atoms with Gasteiger partial charge in [-0.05, 0) is 50.9 Å². The van der Waals surface area contributed by atoms with E-state index >= 15 is 0 Å². The van der Waals surface area contributed by atoms with Crippen LogP contribution >= 0.6 is 0 Å². The number of benzene rings is 1. The van der Waals surface area contributed by atoms with Crippen molar-refractivity contribution in [3.63, 3.8) is 0 Å². The zero-order valence-corrected chi connectivity index (χ0v) is 9.49. The smallest absolute Gasteiger partial charge is 0.120 e. The molecule has 15 heavy (non-hydrogen) atoms. The molecule has 0 aromatic heterocycles. The summed E-state index contributed by atoms with van der Waals surface area (Å²) >= 11 is 0. The van der Waals surface area contributed by atoms with Crippen LogP contribution in [0.25, 0.3) is 0 Å². The summed E-state index contributed by atoms with van der Waals surface area (Å²) in [6.45, 7) is 2.09. The fourth-order valence-corrected chi connectivity index (χ4v) is 2.26. The maximum absolute atomic E-state index is 6.00. The van der Waals surface area contributed by atoms with Gasteiger partial charge in [-0.25, -0.2) is 0 Å². The van der Waals surface area contributed by atoms with Gasteiger partial charge in [-0.3, -0.25) is 0 Å². The zero-order chi connectivity index (χ0) is 10.7. The molecule has 2 rings (SSSR count). The topological polar surface area (TPSA) is 21.3 Å². The van der Waals surface area contributed by atoms with E-state index in [1.807, 2.05) is 19.2 Å². The Labute approximate surface area is 91.6 Å². The van der Waals surface area contributed by atoms with E-state index in [-0.39, 0.29) is 0 Å². The van der Waals surface area contributed by atoms with Crippen LogP contribution in [0.3, 0.4) is 0 Å². The monoisotopic (exact) mass is 205 g/mol. The maximum atomic E-state index is 6.00. The van der Waals surface area contributed by atoms with E-state index in [4.69, 9.17) is 4.74 Å². The molecule has 0 amide bonds. The molecule has 1 N–H and O–H groups in total. The Kier molecular flexibility index (Phi) is 3.27. The summed E-state index contributed by atoms with van der Waals surface area (Å²) < 4.78 is 6.00. The van der Waals surface area contributed by atoms with Gasteiger partial charge in [-0.2, -0.15) is 0 Å². The van der Waals surface area contributed by atoms with Crippen LogP contribution in [0.4, 0.5) is 0 Å². The first-order valence-electron chi connectivity index (χ1n) is 5.70. The highest BCUT2D eigenvalue weighted by Crippen LogP contribution is 2.24. The first kappa shape index (κ1) is 10.5. The Bertz CT molecular complexity index is 324. The standard InChI is InChI=1S/C13H19NO/c1-10-5-3-6-11(9-10)15-13-8-4-7-12(13)14-2/h3,5-6,9,12-14H,4,7-8H2,1-2H3. The molecule has 1 aliphatic carbocycles. The molecule has 2 unspecified atom stereocenters. The van der Waals surface area contributed by atoms with Crippen molar-refractivity contribution in [3.8, 4) is 5.75 Å². The lowest BCUT2D eigenvalue weighted by atomic mass is 10.2. The summed E-state index contributed by atoms with van der Waals surface area (Å²) in [5.41, 5.74) is 1.26. The minimum Gasteiger partial charge on any atom is -0.489 e. The number of rotatable bonds is 3. The zero-order valence-electron chi connectivity index (χ0n) is 9.49. The molecule has 0 heterocycles. The lowest BCUT2D eigenvalue weighted by molar-refractivity contribution is 0.179. The van der Waals surface area contributed by atoms with E-state index in [1.165, 1.54) is 24.8 Å². The van der Waals surface area contributed by atoms with Gasteiger partial charge in [0.2, 0.25) is 0 Å². The molecule has 2 heteroatoms. The SMILES string of the molecule is CNC1CCCC1Oc1cccc(C)c1. The van der Waals surface area contributed by atoms with Crippen LogP contribution in [0.15, 0.2) is 24.3 Å². The van der Waals surface area contributed by atoms with E-state index in [1.54, 1.807) is 0 Å². The summed E-state index contributed by atoms with van der Waals surface area (Å²) in [7, 11) is 2.02. The first-order valence-corrected chi connectivity index (χ1v) is 5.70. The molecule has 1 fully saturated rings. The van der Waals surface area contributed by atoms with Crippen molar-refractivity contribution >= 4 is 0 Å². The third-order valence-corrected chi connectivity index (χ3v) is 3.10. The second kappa shape index (κ2) is 4.67. The van der Waals surface area contributed by atoms with Gasteiger partial charge in [0, 0.05) is 6.04 Å². The molecule has 2 atom stereocenters. The average molecular weight is 205 g/mol. The van der Waals surface area contributed by atoms with Gasteiger partial charge in [0.15, 0.2) is 0 Å². The molecule has 82 valence electrons. The van der Waals surface area contributed by atoms with Gasteiger partial charge in [0.25, 0.3) is 0 Å². The lowest BCUT2D eigenvalue weighted by Crippen LogP contribution is -2.36. The molecule has 1 aromatic carbocycles. The molecule has 0 aliphatic heterocycles. The summed E-state index contributed by atoms with van der Waals surface area (Å²) in [6, 6.07) is 8.80. The van der Waals surface area contributed by atoms with Crippen molar-refractivity contribution in [2.75, 3.05) is 7.05 Å². The van der Waals surface area contributed by atoms with Crippen molar-refractivity contribution in [2.45, 2.75) is 38.3 Å². The predicted molar refractivity (Wildman–Crippen MR) is 62.3 cm³/mol. The summed E-state index contributed by atoms with van der Waals surface area (Å²) in [4.78, 5) is 0. The minimum absolute atomic E-state index is 0.344. The Morgan fingerprint density at radius 1 is 1.33 bits per heavy atom. The van der Waals surface area contributed by atoms with Gasteiger partial charge < -0.3 is 10.1 Å². The van der Waals surface area contributed by atoms with Gasteiger partial charge in [-0.15, -0.1) is 0 Å². The van der Waals surface area contributed by atoms with Crippen molar-refractivity contribution in [3.05, 3.63) is 29.8 Å². The van der Waals surface area contributed by atoms with Gasteiger partial charge in [0.1, 0.15) is 11.9 Å². The van der Waals surface area contributed by atoms with Gasteiger partial charge in [0.05, 0.1) is 0 Å². The van der Waals surface area contributed by atoms with Gasteiger partial charge in [-0.1, -0.05) is 12.1 Å². The Morgan fingerprint density at radius 2 is 2.20 bits per heavy atom. The Morgan fingerprint density at radius 3 is 2.93 bits per heavy atom. The van der Waals surface area contributed by atoms with E-state index in [0.29, 0.717) is 12.1 Å². The van der Waals surface area contributed by atoms with Crippen molar-refractivity contribution in [1.29, 1.82) is 0 Å². The third kappa shape index (κ3) is 2.51. The third-order valence-electron chi connectivity index (χ3n) is 3.10. The molecule has 0 radical (unpaired) electrons. The largest absolute Gasteiger partial charge is 0.489 e. The lowest BCUT2D eigenvalue weighted by Gasteiger charge is -2.20. The van der Waals surface area contributed by atoms with E-state index in [2.05, 4.69) is 24.4 Å². The van der Waals surface area contributed by atoms with E-state index < -0.39 is 0 Å². The van der Waals surface area contributed by atoms with Crippen molar-refractivity contribution < 1.29 is 4.74 Å². The average Bonchev–Trinajstić information content (AvgIpc) is 2.65. The number of likely N-dealkylation sites (N-methyl/N-ethyl adjacent to an activating group) is 1. The normalized spacial score (nSPS) is 25.5. The number of ether oxygens (including phenoxy) is 1. The summed E-state index contributed by atoms with van der Waals surface area (Å²) in [5, 5.41) is 3.32. The molecule has 0 saturated heterocycles. The van der Waals surface area contributed by atoms with Crippen molar-refractivity contribution in [1.82, 2.24) is 5.32 Å². The Balaban J connectivity index is 2.02. The maximum Gasteiger partial charge on any atom is 0.120 e. The molecular formula is C13H19NO. The molecule has 0 spiro atoms. The number of hydrogen-bond donors (Lipinski definition) is 1. The van der Waals surface area contributed by atoms with Crippen molar-refractivity contribution in [2.24, 2.45) is 0 Å². The highest BCUT2D eigenvalue weighted by molar-refractivity contribution is 5.27. The van der Waals surface area contributed by atoms with E-state index in [0.717, 1.165) is 5.75 Å². The summed E-state index contributed by atoms with van der Waals surface area (Å²) in [5.74, 6) is 1.00. The number of aryl methyl sites for hydroxylation is 1. The number of hydrogen-bond acceptors (Lipinski definition) is 2. The quantitative estimate of drug-likeness (QED) is 0.818. The second-order valence-corrected chi connectivity index (χ2v) is 4.30. The summed E-state index contributed by atoms with van der Waals surface area (Å²) in [6.07, 6.45) is 4.01. The molecule has 0 bridgehead atoms. The molecular weight excluding hydrogens is 186 g/mol. The molecule has 1 aliphatic rings. The van der Waals surface area contributed by atoms with Crippen LogP contribution in [0, 0.1) is 6.92 Å². The second-order valence-electron chi connectivity index (χ2n) is 4.30. The van der Waals surface area contributed by atoms with Crippen LogP contribution in [0.5, 0.6) is 5.75 Å². The fourth-order valence-electron chi connectivity index (χ4n) is 2.26. The Hall–Kier alpha value is -1.02. The van der Waals surface area contributed by atoms with Gasteiger partial charge >= 0.3 is 0 Å². The van der Waals surface area contributed by atoms with Crippen LogP contribution in [-0.4, -0.2) is 19.2 Å². The highest BCUT2D eigenvalue weighted by atomic mass is 16.5. The fraction of sp³-hybridized carbons (Fsp3) is 0.538. The van der Waals surface area contributed by atoms with Crippen LogP contribution < -0.4 is 10.1 Å². The van der Waals surface area contributed by atoms with Crippen LogP contribution in [-0.2, 0) is 0 Å². The number of nitrogens with one attached hydrogen (secondary N) is 1. The van der Waals surface area contributed by atoms with Crippen LogP contribution in [0.2, 0.25) is 0 Å².